The standard InChI is InChI=1S/C18H14O2/c19-11-20-10-15-7-6-14-5-4-12-2-1-3-13-8-9-16(15)18(14)17(12)13/h1-9,19H,10-11H2. The summed E-state index contributed by atoms with van der Waals surface area (Å²) < 4.78 is 5.17. The second-order valence-corrected chi connectivity index (χ2v) is 5.06. The molecule has 2 heteroatoms. The Kier molecular flexibility index (Phi) is 2.59. The number of aliphatic hydroxyl groups excluding tert-OH is 1. The van der Waals surface area contributed by atoms with Crippen molar-refractivity contribution in [2.24, 2.45) is 0 Å². The van der Waals surface area contributed by atoms with Crippen LogP contribution in [-0.2, 0) is 11.3 Å². The molecule has 1 N–H and O–H groups in total. The first-order chi connectivity index (χ1) is 9.88. The molecule has 20 heavy (non-hydrogen) atoms. The predicted molar refractivity (Wildman–Crippen MR) is 82.0 cm³/mol. The van der Waals surface area contributed by atoms with Crippen molar-refractivity contribution in [3.8, 4) is 0 Å². The van der Waals surface area contributed by atoms with Crippen molar-refractivity contribution in [2.75, 3.05) is 6.79 Å². The fourth-order valence-corrected chi connectivity index (χ4v) is 3.08. The second-order valence-electron chi connectivity index (χ2n) is 5.06. The van der Waals surface area contributed by atoms with Crippen LogP contribution >= 0.6 is 0 Å². The highest BCUT2D eigenvalue weighted by Gasteiger charge is 2.10. The number of rotatable bonds is 3. The number of aliphatic hydroxyl groups is 1. The van der Waals surface area contributed by atoms with Crippen molar-refractivity contribution in [2.45, 2.75) is 6.61 Å². The quantitative estimate of drug-likeness (QED) is 0.446. The summed E-state index contributed by atoms with van der Waals surface area (Å²) in [5.41, 5.74) is 1.12. The summed E-state index contributed by atoms with van der Waals surface area (Å²) in [6.07, 6.45) is 0. The summed E-state index contributed by atoms with van der Waals surface area (Å²) in [6.45, 7) is 0.187. The minimum Gasteiger partial charge on any atom is -0.371 e. The first kappa shape index (κ1) is 11.6. The van der Waals surface area contributed by atoms with Gasteiger partial charge in [-0.1, -0.05) is 54.6 Å². The molecule has 2 nitrogen and oxygen atoms in total. The molecule has 0 bridgehead atoms. The van der Waals surface area contributed by atoms with Gasteiger partial charge >= 0.3 is 0 Å². The molecule has 0 aliphatic rings. The molecule has 98 valence electrons. The van der Waals surface area contributed by atoms with Crippen LogP contribution in [0.25, 0.3) is 32.3 Å². The highest BCUT2D eigenvalue weighted by Crippen LogP contribution is 2.35. The molecule has 0 atom stereocenters. The van der Waals surface area contributed by atoms with Gasteiger partial charge in [0.15, 0.2) is 0 Å². The van der Waals surface area contributed by atoms with Crippen LogP contribution in [0.5, 0.6) is 0 Å². The van der Waals surface area contributed by atoms with Crippen molar-refractivity contribution in [3.63, 3.8) is 0 Å². The van der Waals surface area contributed by atoms with E-state index in [4.69, 9.17) is 9.84 Å². The third-order valence-electron chi connectivity index (χ3n) is 3.97. The van der Waals surface area contributed by atoms with Crippen LogP contribution in [0.1, 0.15) is 5.56 Å². The minimum atomic E-state index is -0.248. The molecule has 4 rings (SSSR count). The Morgan fingerprint density at radius 2 is 1.40 bits per heavy atom. The Balaban J connectivity index is 2.14. The summed E-state index contributed by atoms with van der Waals surface area (Å²) in [4.78, 5) is 0. The van der Waals surface area contributed by atoms with Crippen molar-refractivity contribution in [1.29, 1.82) is 0 Å². The average Bonchev–Trinajstić information content (AvgIpc) is 2.51. The first-order valence-corrected chi connectivity index (χ1v) is 6.72. The summed E-state index contributed by atoms with van der Waals surface area (Å²) >= 11 is 0. The van der Waals surface area contributed by atoms with Crippen molar-refractivity contribution in [1.82, 2.24) is 0 Å². The Hall–Kier alpha value is -2.16. The van der Waals surface area contributed by atoms with Crippen LogP contribution in [0, 0.1) is 0 Å². The van der Waals surface area contributed by atoms with Crippen molar-refractivity contribution in [3.05, 3.63) is 60.2 Å². The van der Waals surface area contributed by atoms with Gasteiger partial charge in [0.2, 0.25) is 0 Å². The lowest BCUT2D eigenvalue weighted by molar-refractivity contribution is -0.0108. The minimum absolute atomic E-state index is 0.248. The van der Waals surface area contributed by atoms with E-state index in [1.807, 2.05) is 0 Å². The molecule has 0 aromatic heterocycles. The van der Waals surface area contributed by atoms with Crippen LogP contribution in [0.3, 0.4) is 0 Å². The molecule has 0 spiro atoms. The van der Waals surface area contributed by atoms with Crippen LogP contribution in [0.4, 0.5) is 0 Å². The van der Waals surface area contributed by atoms with Crippen LogP contribution in [0.2, 0.25) is 0 Å². The molecule has 4 aromatic carbocycles. The lowest BCUT2D eigenvalue weighted by atomic mass is 9.92. The van der Waals surface area contributed by atoms with Crippen molar-refractivity contribution < 1.29 is 9.84 Å². The fraction of sp³-hybridized carbons (Fsp3) is 0.111. The number of hydrogen-bond acceptors (Lipinski definition) is 2. The van der Waals surface area contributed by atoms with E-state index in [9.17, 15) is 0 Å². The van der Waals surface area contributed by atoms with Gasteiger partial charge in [-0.05, 0) is 37.9 Å². The molecule has 4 aromatic rings. The van der Waals surface area contributed by atoms with Gasteiger partial charge in [-0.25, -0.2) is 0 Å². The molecule has 0 heterocycles. The lowest BCUT2D eigenvalue weighted by Crippen LogP contribution is -1.95. The van der Waals surface area contributed by atoms with Gasteiger partial charge in [-0.2, -0.15) is 0 Å². The molecule has 0 aliphatic carbocycles. The predicted octanol–water partition coefficient (Wildman–Crippen LogP) is 4.05. The monoisotopic (exact) mass is 262 g/mol. The van der Waals surface area contributed by atoms with Crippen LogP contribution in [-0.4, -0.2) is 11.9 Å². The number of hydrogen-bond donors (Lipinski definition) is 1. The van der Waals surface area contributed by atoms with Gasteiger partial charge in [-0.15, -0.1) is 0 Å². The number of benzene rings is 4. The molecule has 0 unspecified atom stereocenters. The summed E-state index contributed by atoms with van der Waals surface area (Å²) in [6, 6.07) is 19.3. The van der Waals surface area contributed by atoms with E-state index < -0.39 is 0 Å². The number of ether oxygens (including phenoxy) is 1. The van der Waals surface area contributed by atoms with E-state index in [0.717, 1.165) is 5.56 Å². The zero-order valence-electron chi connectivity index (χ0n) is 11.0. The Morgan fingerprint density at radius 3 is 2.15 bits per heavy atom. The zero-order chi connectivity index (χ0) is 13.5. The van der Waals surface area contributed by atoms with Crippen LogP contribution < -0.4 is 0 Å². The summed E-state index contributed by atoms with van der Waals surface area (Å²) in [5, 5.41) is 16.4. The molecular weight excluding hydrogens is 248 g/mol. The van der Waals surface area contributed by atoms with E-state index in [-0.39, 0.29) is 6.79 Å². The van der Waals surface area contributed by atoms with E-state index >= 15 is 0 Å². The highest BCUT2D eigenvalue weighted by molar-refractivity contribution is 6.23. The molecular formula is C18H14O2. The molecule has 0 amide bonds. The van der Waals surface area contributed by atoms with Crippen LogP contribution in [0.15, 0.2) is 54.6 Å². The van der Waals surface area contributed by atoms with E-state index in [0.29, 0.717) is 6.61 Å². The van der Waals surface area contributed by atoms with Gasteiger partial charge in [-0.3, -0.25) is 0 Å². The third-order valence-corrected chi connectivity index (χ3v) is 3.97. The summed E-state index contributed by atoms with van der Waals surface area (Å²) in [7, 11) is 0. The largest absolute Gasteiger partial charge is 0.371 e. The molecule has 0 fully saturated rings. The Morgan fingerprint density at radius 1 is 0.750 bits per heavy atom. The topological polar surface area (TPSA) is 29.5 Å². The Labute approximate surface area is 116 Å². The lowest BCUT2D eigenvalue weighted by Gasteiger charge is -2.13. The second kappa shape index (κ2) is 4.44. The SMILES string of the molecule is OCOCc1ccc2ccc3cccc4ccc1c2c34. The maximum atomic E-state index is 8.85. The van der Waals surface area contributed by atoms with Gasteiger partial charge in [0, 0.05) is 0 Å². The molecule has 0 saturated carbocycles. The van der Waals surface area contributed by atoms with Gasteiger partial charge in [0.05, 0.1) is 6.61 Å². The molecule has 0 aliphatic heterocycles. The third kappa shape index (κ3) is 1.59. The fourth-order valence-electron chi connectivity index (χ4n) is 3.08. The maximum absolute atomic E-state index is 8.85. The van der Waals surface area contributed by atoms with Crippen molar-refractivity contribution >= 4 is 32.3 Å². The van der Waals surface area contributed by atoms with Gasteiger partial charge < -0.3 is 9.84 Å². The smallest absolute Gasteiger partial charge is 0.144 e. The normalized spacial score (nSPS) is 11.8. The highest BCUT2D eigenvalue weighted by atomic mass is 16.6. The molecule has 0 radical (unpaired) electrons. The average molecular weight is 262 g/mol. The maximum Gasteiger partial charge on any atom is 0.144 e. The summed E-state index contributed by atoms with van der Waals surface area (Å²) in [5.74, 6) is 0. The molecule has 0 saturated heterocycles. The van der Waals surface area contributed by atoms with E-state index in [1.54, 1.807) is 0 Å². The van der Waals surface area contributed by atoms with Gasteiger partial charge in [0.1, 0.15) is 6.79 Å². The zero-order valence-corrected chi connectivity index (χ0v) is 11.0. The van der Waals surface area contributed by atoms with Gasteiger partial charge in [0.25, 0.3) is 0 Å². The van der Waals surface area contributed by atoms with E-state index in [1.165, 1.54) is 32.3 Å². The van der Waals surface area contributed by atoms with E-state index in [2.05, 4.69) is 54.6 Å². The Bertz CT molecular complexity index is 880. The first-order valence-electron chi connectivity index (χ1n) is 6.72.